The van der Waals surface area contributed by atoms with E-state index in [2.05, 4.69) is 15.3 Å². The number of aromatic nitrogens is 4. The molecule has 0 saturated carbocycles. The van der Waals surface area contributed by atoms with E-state index in [0.717, 1.165) is 27.7 Å². The number of methoxy groups -OCH3 is 1. The van der Waals surface area contributed by atoms with Gasteiger partial charge in [0.15, 0.2) is 14.8 Å². The van der Waals surface area contributed by atoms with Gasteiger partial charge in [-0.2, -0.15) is 0 Å². The van der Waals surface area contributed by atoms with Gasteiger partial charge in [-0.25, -0.2) is 23.4 Å². The largest absolute Gasteiger partial charge is 0.508 e. The number of benzene rings is 2. The van der Waals surface area contributed by atoms with Gasteiger partial charge in [0.1, 0.15) is 17.2 Å². The number of thiazole rings is 1. The summed E-state index contributed by atoms with van der Waals surface area (Å²) in [7, 11) is -1.82. The smallest absolute Gasteiger partial charge is 0.223 e. The van der Waals surface area contributed by atoms with Crippen molar-refractivity contribution in [3.63, 3.8) is 0 Å². The van der Waals surface area contributed by atoms with Crippen LogP contribution in [0.3, 0.4) is 0 Å². The second-order valence-electron chi connectivity index (χ2n) is 7.95. The molecule has 0 aliphatic rings. The molecule has 9 nitrogen and oxygen atoms in total. The average molecular weight is 522 g/mol. The summed E-state index contributed by atoms with van der Waals surface area (Å²) in [5.74, 6) is 1.16. The molecule has 0 saturated heterocycles. The summed E-state index contributed by atoms with van der Waals surface area (Å²) < 4.78 is 32.3. The highest BCUT2D eigenvalue weighted by Gasteiger charge is 2.19. The lowest BCUT2D eigenvalue weighted by Gasteiger charge is -2.09. The number of sulfone groups is 1. The van der Waals surface area contributed by atoms with Crippen molar-refractivity contribution in [2.75, 3.05) is 24.7 Å². The van der Waals surface area contributed by atoms with Gasteiger partial charge in [-0.05, 0) is 61.0 Å². The molecule has 36 heavy (non-hydrogen) atoms. The molecule has 11 heteroatoms. The van der Waals surface area contributed by atoms with Crippen molar-refractivity contribution >= 4 is 32.1 Å². The van der Waals surface area contributed by atoms with E-state index in [9.17, 15) is 13.5 Å². The molecule has 0 aliphatic heterocycles. The molecule has 0 radical (unpaired) electrons. The molecule has 0 fully saturated rings. The zero-order chi connectivity index (χ0) is 25.1. The minimum absolute atomic E-state index is 0.0284. The van der Waals surface area contributed by atoms with Crippen molar-refractivity contribution in [3.8, 4) is 34.1 Å². The molecule has 184 valence electrons. The third kappa shape index (κ3) is 4.88. The Morgan fingerprint density at radius 2 is 1.83 bits per heavy atom. The number of nitrogens with one attached hydrogen (secondary N) is 1. The Labute approximate surface area is 212 Å². The van der Waals surface area contributed by atoms with Crippen molar-refractivity contribution in [3.05, 3.63) is 72.4 Å². The molecule has 0 bridgehead atoms. The first kappa shape index (κ1) is 23.8. The number of phenols is 1. The van der Waals surface area contributed by atoms with Crippen LogP contribution in [0.15, 0.2) is 77.3 Å². The number of phenolic OH excluding ortho intramolecular Hbond substituents is 1. The summed E-state index contributed by atoms with van der Waals surface area (Å²) in [6, 6.07) is 15.1. The minimum Gasteiger partial charge on any atom is -0.508 e. The molecule has 0 unspecified atom stereocenters. The Bertz CT molecular complexity index is 1590. The number of anilines is 1. The highest BCUT2D eigenvalue weighted by atomic mass is 32.2. The molecule has 3 aromatic heterocycles. The van der Waals surface area contributed by atoms with Gasteiger partial charge < -0.3 is 15.2 Å². The van der Waals surface area contributed by atoms with Crippen molar-refractivity contribution in [2.45, 2.75) is 11.3 Å². The Balaban J connectivity index is 1.34. The van der Waals surface area contributed by atoms with E-state index in [0.29, 0.717) is 24.6 Å². The van der Waals surface area contributed by atoms with Crippen LogP contribution < -0.4 is 10.1 Å². The number of hydrogen-bond donors (Lipinski definition) is 2. The van der Waals surface area contributed by atoms with E-state index >= 15 is 0 Å². The summed E-state index contributed by atoms with van der Waals surface area (Å²) in [4.78, 5) is 14.8. The Morgan fingerprint density at radius 3 is 2.58 bits per heavy atom. The van der Waals surface area contributed by atoms with Crippen molar-refractivity contribution in [1.82, 2.24) is 19.4 Å². The number of ether oxygens (including phenoxy) is 1. The maximum atomic E-state index is 12.5. The van der Waals surface area contributed by atoms with Crippen molar-refractivity contribution in [1.29, 1.82) is 0 Å². The van der Waals surface area contributed by atoms with Crippen LogP contribution in [0.2, 0.25) is 0 Å². The summed E-state index contributed by atoms with van der Waals surface area (Å²) in [6.07, 6.45) is 4.00. The predicted octanol–water partition coefficient (Wildman–Crippen LogP) is 4.51. The van der Waals surface area contributed by atoms with Gasteiger partial charge in [-0.15, -0.1) is 11.3 Å². The standard InChI is InChI=1S/C25H23N5O4S2/c1-34-19-7-3-17(4-8-19)22-23(30-14-15-35-25(30)29-22)21-11-13-27-24(28-21)26-12-2-16-36(32,33)20-9-5-18(31)6-10-20/h3-11,13-15,31H,2,12,16H2,1H3,(H,26,27,28). The Kier molecular flexibility index (Phi) is 6.57. The van der Waals surface area contributed by atoms with E-state index in [1.54, 1.807) is 13.3 Å². The lowest BCUT2D eigenvalue weighted by molar-refractivity contribution is 0.415. The minimum atomic E-state index is -3.45. The maximum absolute atomic E-state index is 12.5. The van der Waals surface area contributed by atoms with Gasteiger partial charge >= 0.3 is 0 Å². The lowest BCUT2D eigenvalue weighted by Crippen LogP contribution is -2.13. The third-order valence-corrected chi connectivity index (χ3v) is 8.17. The predicted molar refractivity (Wildman–Crippen MR) is 139 cm³/mol. The second kappa shape index (κ2) is 9.96. The van der Waals surface area contributed by atoms with Crippen LogP contribution in [-0.2, 0) is 9.84 Å². The van der Waals surface area contributed by atoms with Crippen LogP contribution in [0.1, 0.15) is 6.42 Å². The fourth-order valence-electron chi connectivity index (χ4n) is 3.79. The van der Waals surface area contributed by atoms with Crippen LogP contribution in [0.25, 0.3) is 27.6 Å². The topological polar surface area (TPSA) is 119 Å². The molecule has 3 heterocycles. The quantitative estimate of drug-likeness (QED) is 0.272. The zero-order valence-corrected chi connectivity index (χ0v) is 21.0. The summed E-state index contributed by atoms with van der Waals surface area (Å²) >= 11 is 1.54. The normalized spacial score (nSPS) is 11.6. The number of imidazole rings is 1. The molecule has 0 aliphatic carbocycles. The zero-order valence-electron chi connectivity index (χ0n) is 19.3. The molecule has 5 aromatic rings. The van der Waals surface area contributed by atoms with Gasteiger partial charge in [-0.1, -0.05) is 0 Å². The third-order valence-electron chi connectivity index (χ3n) is 5.59. The molecule has 2 N–H and O–H groups in total. The van der Waals surface area contributed by atoms with E-state index in [1.807, 2.05) is 46.3 Å². The monoisotopic (exact) mass is 521 g/mol. The fourth-order valence-corrected chi connectivity index (χ4v) is 5.81. The van der Waals surface area contributed by atoms with Crippen LogP contribution >= 0.6 is 11.3 Å². The summed E-state index contributed by atoms with van der Waals surface area (Å²) in [5.41, 5.74) is 3.28. The SMILES string of the molecule is COc1ccc(-c2nc3sccn3c2-c2ccnc(NCCCS(=O)(=O)c3ccc(O)cc3)n2)cc1. The second-order valence-corrected chi connectivity index (χ2v) is 10.9. The average Bonchev–Trinajstić information content (AvgIpc) is 3.49. The first-order chi connectivity index (χ1) is 17.4. The Hall–Kier alpha value is -3.96. The number of nitrogens with zero attached hydrogens (tertiary/aromatic N) is 4. The van der Waals surface area contributed by atoms with Crippen LogP contribution in [-0.4, -0.2) is 52.3 Å². The first-order valence-corrected chi connectivity index (χ1v) is 13.7. The van der Waals surface area contributed by atoms with Crippen LogP contribution in [0.5, 0.6) is 11.5 Å². The van der Waals surface area contributed by atoms with E-state index in [4.69, 9.17) is 9.72 Å². The molecule has 2 aromatic carbocycles. The van der Waals surface area contributed by atoms with Gasteiger partial charge in [0.2, 0.25) is 5.95 Å². The van der Waals surface area contributed by atoms with Gasteiger partial charge in [0.25, 0.3) is 0 Å². The number of hydrogen-bond acceptors (Lipinski definition) is 9. The first-order valence-electron chi connectivity index (χ1n) is 11.1. The number of rotatable bonds is 9. The highest BCUT2D eigenvalue weighted by Crippen LogP contribution is 2.34. The molecular weight excluding hydrogens is 498 g/mol. The van der Waals surface area contributed by atoms with Gasteiger partial charge in [0.05, 0.1) is 29.1 Å². The van der Waals surface area contributed by atoms with Crippen molar-refractivity contribution in [2.24, 2.45) is 0 Å². The number of fused-ring (bicyclic) bond motifs is 1. The molecule has 0 spiro atoms. The van der Waals surface area contributed by atoms with E-state index < -0.39 is 9.84 Å². The maximum Gasteiger partial charge on any atom is 0.223 e. The number of aromatic hydroxyl groups is 1. The summed E-state index contributed by atoms with van der Waals surface area (Å²) in [5, 5.41) is 14.5. The highest BCUT2D eigenvalue weighted by molar-refractivity contribution is 7.91. The summed E-state index contributed by atoms with van der Waals surface area (Å²) in [6.45, 7) is 0.381. The fraction of sp³-hybridized carbons (Fsp3) is 0.160. The Morgan fingerprint density at radius 1 is 1.06 bits per heavy atom. The molecular formula is C25H23N5O4S2. The molecule has 5 rings (SSSR count). The molecule has 0 amide bonds. The van der Waals surface area contributed by atoms with Crippen LogP contribution in [0, 0.1) is 0 Å². The lowest BCUT2D eigenvalue weighted by atomic mass is 10.1. The van der Waals surface area contributed by atoms with E-state index in [1.165, 1.54) is 35.6 Å². The van der Waals surface area contributed by atoms with E-state index in [-0.39, 0.29) is 16.4 Å². The van der Waals surface area contributed by atoms with Gasteiger partial charge in [0, 0.05) is 29.9 Å². The molecule has 0 atom stereocenters. The van der Waals surface area contributed by atoms with Gasteiger partial charge in [-0.3, -0.25) is 4.40 Å². The van der Waals surface area contributed by atoms with Crippen molar-refractivity contribution < 1.29 is 18.3 Å². The van der Waals surface area contributed by atoms with Crippen LogP contribution in [0.4, 0.5) is 5.95 Å².